The molecular weight excluding hydrogens is 116 g/mol. The van der Waals surface area contributed by atoms with Crippen molar-refractivity contribution in [3.63, 3.8) is 0 Å². The lowest BCUT2D eigenvalue weighted by Gasteiger charge is -2.15. The first kappa shape index (κ1) is 5.03. The van der Waals surface area contributed by atoms with Crippen LogP contribution in [0.3, 0.4) is 0 Å². The molecule has 0 amide bonds. The molecule has 0 spiro atoms. The molecule has 0 N–H and O–H groups in total. The van der Waals surface area contributed by atoms with Crippen molar-refractivity contribution in [2.24, 2.45) is 5.92 Å². The summed E-state index contributed by atoms with van der Waals surface area (Å²) in [6.07, 6.45) is 4.00. The second-order valence-corrected chi connectivity index (χ2v) is 2.63. The standard InChI is InChI=1S/C7H8O2/c8-7-6-2-1-5(3-6)4-9-7/h2,5H,1,3-4H2. The van der Waals surface area contributed by atoms with Gasteiger partial charge in [-0.1, -0.05) is 6.08 Å². The van der Waals surface area contributed by atoms with Crippen molar-refractivity contribution in [3.8, 4) is 0 Å². The van der Waals surface area contributed by atoms with Crippen LogP contribution in [0, 0.1) is 5.92 Å². The third-order valence-electron chi connectivity index (χ3n) is 1.92. The molecule has 2 rings (SSSR count). The first-order valence-electron chi connectivity index (χ1n) is 3.22. The number of allylic oxidation sites excluding steroid dienone is 1. The quantitative estimate of drug-likeness (QED) is 0.448. The molecule has 0 saturated carbocycles. The van der Waals surface area contributed by atoms with E-state index in [1.54, 1.807) is 0 Å². The van der Waals surface area contributed by atoms with Gasteiger partial charge in [-0.25, -0.2) is 4.79 Å². The van der Waals surface area contributed by atoms with E-state index in [9.17, 15) is 4.79 Å². The van der Waals surface area contributed by atoms with Crippen molar-refractivity contribution < 1.29 is 9.53 Å². The Balaban J connectivity index is 2.27. The van der Waals surface area contributed by atoms with Crippen molar-refractivity contribution in [1.29, 1.82) is 0 Å². The van der Waals surface area contributed by atoms with E-state index in [4.69, 9.17) is 4.74 Å². The number of ether oxygens (including phenoxy) is 1. The minimum atomic E-state index is -0.0937. The van der Waals surface area contributed by atoms with Gasteiger partial charge in [0, 0.05) is 11.5 Å². The molecule has 1 atom stereocenters. The van der Waals surface area contributed by atoms with Gasteiger partial charge < -0.3 is 4.74 Å². The molecule has 2 nitrogen and oxygen atoms in total. The van der Waals surface area contributed by atoms with Gasteiger partial charge in [0.1, 0.15) is 0 Å². The molecule has 0 aromatic carbocycles. The predicted molar refractivity (Wildman–Crippen MR) is 31.8 cm³/mol. The van der Waals surface area contributed by atoms with Crippen molar-refractivity contribution in [3.05, 3.63) is 11.6 Å². The van der Waals surface area contributed by atoms with Crippen LogP contribution in [0.2, 0.25) is 0 Å². The van der Waals surface area contributed by atoms with Crippen LogP contribution in [-0.4, -0.2) is 12.6 Å². The lowest BCUT2D eigenvalue weighted by molar-refractivity contribution is -0.142. The van der Waals surface area contributed by atoms with Crippen LogP contribution < -0.4 is 0 Å². The largest absolute Gasteiger partial charge is 0.462 e. The molecule has 2 heteroatoms. The third kappa shape index (κ3) is 0.661. The molecule has 1 aliphatic carbocycles. The smallest absolute Gasteiger partial charge is 0.333 e. The average molecular weight is 124 g/mol. The molecule has 0 aromatic rings. The fourth-order valence-electron chi connectivity index (χ4n) is 1.37. The maximum atomic E-state index is 10.8. The van der Waals surface area contributed by atoms with Gasteiger partial charge in [-0.15, -0.1) is 0 Å². The molecule has 1 unspecified atom stereocenters. The molecule has 2 aliphatic rings. The van der Waals surface area contributed by atoms with Crippen molar-refractivity contribution in [2.45, 2.75) is 12.8 Å². The second kappa shape index (κ2) is 1.59. The van der Waals surface area contributed by atoms with E-state index >= 15 is 0 Å². The van der Waals surface area contributed by atoms with Crippen molar-refractivity contribution in [1.82, 2.24) is 0 Å². The van der Waals surface area contributed by atoms with Gasteiger partial charge in [0.25, 0.3) is 0 Å². The normalized spacial score (nSPS) is 31.8. The summed E-state index contributed by atoms with van der Waals surface area (Å²) in [5.41, 5.74) is 0.895. The lowest BCUT2D eigenvalue weighted by Crippen LogP contribution is -2.18. The van der Waals surface area contributed by atoms with E-state index in [-0.39, 0.29) is 5.97 Å². The highest BCUT2D eigenvalue weighted by Crippen LogP contribution is 2.29. The number of cyclic esters (lactones) is 1. The highest BCUT2D eigenvalue weighted by atomic mass is 16.5. The number of rotatable bonds is 0. The lowest BCUT2D eigenvalue weighted by atomic mass is 10.1. The molecular formula is C7H8O2. The van der Waals surface area contributed by atoms with Crippen LogP contribution in [0.4, 0.5) is 0 Å². The fourth-order valence-corrected chi connectivity index (χ4v) is 1.37. The SMILES string of the molecule is O=C1OCC2CC=C1C2. The Hall–Kier alpha value is -0.790. The summed E-state index contributed by atoms with van der Waals surface area (Å²) >= 11 is 0. The molecule has 0 radical (unpaired) electrons. The number of hydrogen-bond acceptors (Lipinski definition) is 2. The Kier molecular flexibility index (Phi) is 0.891. The van der Waals surface area contributed by atoms with Crippen LogP contribution in [0.5, 0.6) is 0 Å². The van der Waals surface area contributed by atoms with Crippen LogP contribution in [0.1, 0.15) is 12.8 Å². The predicted octanol–water partition coefficient (Wildman–Crippen LogP) is 0.880. The Morgan fingerprint density at radius 1 is 1.67 bits per heavy atom. The number of carbonyl (C=O) groups is 1. The zero-order valence-electron chi connectivity index (χ0n) is 5.09. The fraction of sp³-hybridized carbons (Fsp3) is 0.571. The van der Waals surface area contributed by atoms with E-state index < -0.39 is 0 Å². The van der Waals surface area contributed by atoms with E-state index in [1.807, 2.05) is 6.08 Å². The third-order valence-corrected chi connectivity index (χ3v) is 1.92. The summed E-state index contributed by atoms with van der Waals surface area (Å²) in [4.78, 5) is 10.8. The van der Waals surface area contributed by atoms with E-state index in [0.717, 1.165) is 18.4 Å². The van der Waals surface area contributed by atoms with Crippen LogP contribution in [-0.2, 0) is 9.53 Å². The molecule has 1 aliphatic heterocycles. The second-order valence-electron chi connectivity index (χ2n) is 2.63. The summed E-state index contributed by atoms with van der Waals surface area (Å²) in [5.74, 6) is 0.515. The molecule has 1 saturated heterocycles. The highest BCUT2D eigenvalue weighted by Gasteiger charge is 2.28. The van der Waals surface area contributed by atoms with Gasteiger partial charge in [0.15, 0.2) is 0 Å². The summed E-state index contributed by atoms with van der Waals surface area (Å²) in [5, 5.41) is 0. The first-order valence-corrected chi connectivity index (χ1v) is 3.22. The van der Waals surface area contributed by atoms with Gasteiger partial charge in [-0.3, -0.25) is 0 Å². The Morgan fingerprint density at radius 2 is 2.56 bits per heavy atom. The van der Waals surface area contributed by atoms with E-state index in [1.165, 1.54) is 0 Å². The molecule has 2 bridgehead atoms. The average Bonchev–Trinajstić information content (AvgIpc) is 2.25. The van der Waals surface area contributed by atoms with E-state index in [0.29, 0.717) is 12.5 Å². The summed E-state index contributed by atoms with van der Waals surface area (Å²) in [7, 11) is 0. The first-order chi connectivity index (χ1) is 4.36. The molecule has 48 valence electrons. The minimum absolute atomic E-state index is 0.0937. The molecule has 1 fully saturated rings. The number of esters is 1. The molecule has 1 heterocycles. The van der Waals surface area contributed by atoms with Gasteiger partial charge in [-0.2, -0.15) is 0 Å². The number of carbonyl (C=O) groups excluding carboxylic acids is 1. The summed E-state index contributed by atoms with van der Waals surface area (Å²) < 4.78 is 4.86. The van der Waals surface area contributed by atoms with Crippen LogP contribution in [0.25, 0.3) is 0 Å². The number of fused-ring (bicyclic) bond motifs is 2. The summed E-state index contributed by atoms with van der Waals surface area (Å²) in [6.45, 7) is 0.638. The Labute approximate surface area is 53.5 Å². The molecule has 0 aromatic heterocycles. The zero-order valence-corrected chi connectivity index (χ0v) is 5.09. The highest BCUT2D eigenvalue weighted by molar-refractivity contribution is 5.89. The van der Waals surface area contributed by atoms with Crippen LogP contribution >= 0.6 is 0 Å². The van der Waals surface area contributed by atoms with Gasteiger partial charge in [0.05, 0.1) is 6.61 Å². The van der Waals surface area contributed by atoms with Crippen molar-refractivity contribution >= 4 is 5.97 Å². The van der Waals surface area contributed by atoms with E-state index in [2.05, 4.69) is 0 Å². The van der Waals surface area contributed by atoms with Crippen LogP contribution in [0.15, 0.2) is 11.6 Å². The maximum Gasteiger partial charge on any atom is 0.333 e. The topological polar surface area (TPSA) is 26.3 Å². The Bertz CT molecular complexity index is 181. The zero-order chi connectivity index (χ0) is 6.27. The van der Waals surface area contributed by atoms with Gasteiger partial charge in [-0.05, 0) is 12.8 Å². The van der Waals surface area contributed by atoms with Crippen molar-refractivity contribution in [2.75, 3.05) is 6.61 Å². The Morgan fingerprint density at radius 3 is 3.33 bits per heavy atom. The maximum absolute atomic E-state index is 10.8. The van der Waals surface area contributed by atoms with Gasteiger partial charge in [0.2, 0.25) is 0 Å². The number of hydrogen-bond donors (Lipinski definition) is 0. The summed E-state index contributed by atoms with van der Waals surface area (Å²) in [6, 6.07) is 0. The molecule has 9 heavy (non-hydrogen) atoms. The van der Waals surface area contributed by atoms with Gasteiger partial charge >= 0.3 is 5.97 Å². The minimum Gasteiger partial charge on any atom is -0.462 e. The monoisotopic (exact) mass is 124 g/mol.